The summed E-state index contributed by atoms with van der Waals surface area (Å²) in [4.78, 5) is 69.0. The van der Waals surface area contributed by atoms with Crippen molar-refractivity contribution in [1.29, 1.82) is 0 Å². The number of carbonyl (C=O) groups is 6. The van der Waals surface area contributed by atoms with E-state index in [1.54, 1.807) is 0 Å². The maximum atomic E-state index is 11.9. The fraction of sp³-hybridized carbons (Fsp3) is 0.684. The molecule has 0 spiro atoms. The number of ketones is 1. The minimum Gasteiger partial charge on any atom is -0.463 e. The van der Waals surface area contributed by atoms with Gasteiger partial charge in [-0.3, -0.25) is 28.8 Å². The van der Waals surface area contributed by atoms with Gasteiger partial charge in [0.2, 0.25) is 0 Å². The van der Waals surface area contributed by atoms with Crippen LogP contribution in [0.3, 0.4) is 0 Å². The van der Waals surface area contributed by atoms with Gasteiger partial charge in [0, 0.05) is 34.6 Å². The van der Waals surface area contributed by atoms with Gasteiger partial charge in [-0.1, -0.05) is 0 Å². The number of esters is 5. The van der Waals surface area contributed by atoms with Crippen LogP contribution in [0.2, 0.25) is 0 Å². The maximum absolute atomic E-state index is 11.9. The fourth-order valence-corrected chi connectivity index (χ4v) is 2.72. The minimum atomic E-state index is -1.49. The van der Waals surface area contributed by atoms with E-state index in [1.807, 2.05) is 0 Å². The first-order valence-corrected chi connectivity index (χ1v) is 9.47. The molecular formula is C19H26O13. The third-order valence-corrected chi connectivity index (χ3v) is 3.79. The second-order valence-corrected chi connectivity index (χ2v) is 6.70. The molecule has 32 heavy (non-hydrogen) atoms. The molecule has 0 aromatic heterocycles. The van der Waals surface area contributed by atoms with Gasteiger partial charge in [-0.05, 0) is 0 Å². The van der Waals surface area contributed by atoms with Crippen molar-refractivity contribution in [1.82, 2.24) is 0 Å². The zero-order valence-corrected chi connectivity index (χ0v) is 18.3. The van der Waals surface area contributed by atoms with Gasteiger partial charge >= 0.3 is 29.8 Å². The van der Waals surface area contributed by atoms with Crippen molar-refractivity contribution in [3.05, 3.63) is 0 Å². The SMILES string of the molecule is CC(=O)OCC(=O)CO[C@@H]1O[C@H](COC(C)=O)[C@@H](OC(C)=O)[C@H](OC(C)=O)[C@H]1OC(C)=O. The lowest BCUT2D eigenvalue weighted by atomic mass is 9.98. The van der Waals surface area contributed by atoms with Crippen LogP contribution in [-0.4, -0.2) is 86.2 Å². The fourth-order valence-electron chi connectivity index (χ4n) is 2.72. The predicted octanol–water partition coefficient (Wildman–Crippen LogP) is -0.782. The molecule has 1 rings (SSSR count). The summed E-state index contributed by atoms with van der Waals surface area (Å²) >= 11 is 0. The molecule has 0 radical (unpaired) electrons. The van der Waals surface area contributed by atoms with Crippen LogP contribution in [-0.2, 0) is 61.9 Å². The van der Waals surface area contributed by atoms with Crippen molar-refractivity contribution in [2.24, 2.45) is 0 Å². The lowest BCUT2D eigenvalue weighted by Crippen LogP contribution is -2.63. The second kappa shape index (κ2) is 12.7. The Labute approximate surface area is 183 Å². The summed E-state index contributed by atoms with van der Waals surface area (Å²) in [5, 5.41) is 0. The van der Waals surface area contributed by atoms with Crippen LogP contribution >= 0.6 is 0 Å². The third kappa shape index (κ3) is 9.39. The summed E-state index contributed by atoms with van der Waals surface area (Å²) in [5.74, 6) is -4.38. The van der Waals surface area contributed by atoms with Crippen LogP contribution in [0.15, 0.2) is 0 Å². The van der Waals surface area contributed by atoms with Crippen molar-refractivity contribution < 1.29 is 61.9 Å². The molecular weight excluding hydrogens is 436 g/mol. The largest absolute Gasteiger partial charge is 0.463 e. The lowest BCUT2D eigenvalue weighted by Gasteiger charge is -2.43. The Balaban J connectivity index is 3.19. The summed E-state index contributed by atoms with van der Waals surface area (Å²) in [6.45, 7) is 3.86. The lowest BCUT2D eigenvalue weighted by molar-refractivity contribution is -0.306. The first kappa shape index (κ1) is 27.0. The van der Waals surface area contributed by atoms with Crippen molar-refractivity contribution in [3.8, 4) is 0 Å². The van der Waals surface area contributed by atoms with Gasteiger partial charge in [-0.25, -0.2) is 0 Å². The average molecular weight is 462 g/mol. The zero-order chi connectivity index (χ0) is 24.4. The van der Waals surface area contributed by atoms with E-state index >= 15 is 0 Å². The molecule has 5 atom stereocenters. The quantitative estimate of drug-likeness (QED) is 0.293. The smallest absolute Gasteiger partial charge is 0.303 e. The summed E-state index contributed by atoms with van der Waals surface area (Å²) in [6.07, 6.45) is -6.89. The highest BCUT2D eigenvalue weighted by Crippen LogP contribution is 2.29. The highest BCUT2D eigenvalue weighted by Gasteiger charge is 2.52. The predicted molar refractivity (Wildman–Crippen MR) is 99.5 cm³/mol. The molecule has 13 heteroatoms. The number of ether oxygens (including phenoxy) is 7. The topological polar surface area (TPSA) is 167 Å². The van der Waals surface area contributed by atoms with Crippen LogP contribution in [0.25, 0.3) is 0 Å². The van der Waals surface area contributed by atoms with Crippen LogP contribution in [0.5, 0.6) is 0 Å². The standard InChI is InChI=1S/C19H26O13/c1-9(20)26-6-14(25)7-28-19-18(31-13(5)24)17(30-12(4)23)16(29-11(3)22)15(32-19)8-27-10(2)21/h15-19H,6-8H2,1-5H3/t15-,16-,17+,18-,19-/m1/s1. The zero-order valence-electron chi connectivity index (χ0n) is 18.3. The Kier molecular flexibility index (Phi) is 10.7. The summed E-state index contributed by atoms with van der Waals surface area (Å²) in [7, 11) is 0. The van der Waals surface area contributed by atoms with E-state index in [1.165, 1.54) is 0 Å². The Morgan fingerprint density at radius 2 is 1.12 bits per heavy atom. The van der Waals surface area contributed by atoms with Crippen molar-refractivity contribution in [2.75, 3.05) is 19.8 Å². The number of Topliss-reactive ketones (excluding diaryl/α,β-unsaturated/α-hetero) is 1. The first-order valence-electron chi connectivity index (χ1n) is 9.47. The van der Waals surface area contributed by atoms with Gasteiger partial charge in [0.15, 0.2) is 37.0 Å². The number of hydrogen-bond acceptors (Lipinski definition) is 13. The van der Waals surface area contributed by atoms with E-state index < -0.39 is 86.2 Å². The van der Waals surface area contributed by atoms with Gasteiger partial charge < -0.3 is 33.2 Å². The molecule has 1 aliphatic rings. The molecule has 1 aliphatic heterocycles. The molecule has 0 aromatic carbocycles. The number of carbonyl (C=O) groups excluding carboxylic acids is 6. The van der Waals surface area contributed by atoms with Gasteiger partial charge in [-0.15, -0.1) is 0 Å². The minimum absolute atomic E-state index is 0.431. The molecule has 1 fully saturated rings. The Morgan fingerprint density at radius 1 is 0.625 bits per heavy atom. The molecule has 0 aliphatic carbocycles. The monoisotopic (exact) mass is 462 g/mol. The van der Waals surface area contributed by atoms with E-state index in [4.69, 9.17) is 28.4 Å². The molecule has 180 valence electrons. The molecule has 13 nitrogen and oxygen atoms in total. The maximum Gasteiger partial charge on any atom is 0.303 e. The Morgan fingerprint density at radius 3 is 1.62 bits per heavy atom. The molecule has 1 heterocycles. The van der Waals surface area contributed by atoms with Gasteiger partial charge in [0.1, 0.15) is 19.3 Å². The second-order valence-electron chi connectivity index (χ2n) is 6.70. The highest BCUT2D eigenvalue weighted by molar-refractivity contribution is 5.83. The third-order valence-electron chi connectivity index (χ3n) is 3.79. The summed E-state index contributed by atoms with van der Waals surface area (Å²) in [5.41, 5.74) is 0. The van der Waals surface area contributed by atoms with E-state index in [2.05, 4.69) is 4.74 Å². The van der Waals surface area contributed by atoms with E-state index in [0.29, 0.717) is 0 Å². The first-order chi connectivity index (χ1) is 14.9. The average Bonchev–Trinajstić information content (AvgIpc) is 2.65. The molecule has 0 N–H and O–H groups in total. The summed E-state index contributed by atoms with van der Waals surface area (Å²) < 4.78 is 36.1. The molecule has 0 aromatic rings. The summed E-state index contributed by atoms with van der Waals surface area (Å²) in [6, 6.07) is 0. The van der Waals surface area contributed by atoms with E-state index in [-0.39, 0.29) is 0 Å². The molecule has 0 amide bonds. The van der Waals surface area contributed by atoms with Crippen LogP contribution in [0, 0.1) is 0 Å². The van der Waals surface area contributed by atoms with Gasteiger partial charge in [0.25, 0.3) is 0 Å². The van der Waals surface area contributed by atoms with E-state index in [9.17, 15) is 28.8 Å². The molecule has 0 bridgehead atoms. The Hall–Kier alpha value is -3.06. The van der Waals surface area contributed by atoms with Crippen molar-refractivity contribution in [3.63, 3.8) is 0 Å². The number of hydrogen-bond donors (Lipinski definition) is 0. The van der Waals surface area contributed by atoms with Crippen LogP contribution in [0.4, 0.5) is 0 Å². The van der Waals surface area contributed by atoms with Crippen molar-refractivity contribution in [2.45, 2.75) is 65.3 Å². The van der Waals surface area contributed by atoms with Crippen LogP contribution < -0.4 is 0 Å². The van der Waals surface area contributed by atoms with E-state index in [0.717, 1.165) is 34.6 Å². The molecule has 0 saturated carbocycles. The van der Waals surface area contributed by atoms with Gasteiger partial charge in [-0.2, -0.15) is 0 Å². The van der Waals surface area contributed by atoms with Crippen LogP contribution in [0.1, 0.15) is 34.6 Å². The van der Waals surface area contributed by atoms with Gasteiger partial charge in [0.05, 0.1) is 0 Å². The van der Waals surface area contributed by atoms with Crippen molar-refractivity contribution >= 4 is 35.6 Å². The molecule has 0 unspecified atom stereocenters. The number of rotatable bonds is 10. The highest BCUT2D eigenvalue weighted by atomic mass is 16.7. The normalized spacial score (nSPS) is 24.6. The Bertz CT molecular complexity index is 731. The molecule has 1 saturated heterocycles.